The smallest absolute Gasteiger partial charge is 0.243 e. The van der Waals surface area contributed by atoms with Gasteiger partial charge in [0.1, 0.15) is 6.04 Å². The lowest BCUT2D eigenvalue weighted by atomic mass is 10.1. The van der Waals surface area contributed by atoms with Gasteiger partial charge in [0.25, 0.3) is 0 Å². The summed E-state index contributed by atoms with van der Waals surface area (Å²) in [6.45, 7) is 6.46. The maximum absolute atomic E-state index is 13.2. The number of hydrogen-bond donors (Lipinski definition) is 1. The highest BCUT2D eigenvalue weighted by molar-refractivity contribution is 7.98. The van der Waals surface area contributed by atoms with Crippen molar-refractivity contribution in [3.63, 3.8) is 0 Å². The summed E-state index contributed by atoms with van der Waals surface area (Å²) in [6, 6.07) is 19.8. The molecule has 0 aliphatic carbocycles. The van der Waals surface area contributed by atoms with Crippen molar-refractivity contribution < 1.29 is 9.59 Å². The standard InChI is InChI=1S/C25H34N2O2S/c1-4-20(3)26-25(29)23(5-2)27(18-21-12-8-6-9-13-21)24(28)16-17-30-19-22-14-10-7-11-15-22/h6-15,20,23H,4-5,16-19H2,1-3H3,(H,26,29)/t20-,23+/m0/s1. The Morgan fingerprint density at radius 3 is 2.10 bits per heavy atom. The molecule has 0 saturated heterocycles. The molecule has 2 atom stereocenters. The molecule has 2 rings (SSSR count). The predicted octanol–water partition coefficient (Wildman–Crippen LogP) is 5.03. The van der Waals surface area contributed by atoms with Crippen molar-refractivity contribution in [1.29, 1.82) is 0 Å². The molecule has 1 N–H and O–H groups in total. The van der Waals surface area contributed by atoms with Crippen LogP contribution in [0, 0.1) is 0 Å². The molecule has 0 fully saturated rings. The molecule has 30 heavy (non-hydrogen) atoms. The van der Waals surface area contributed by atoms with Gasteiger partial charge < -0.3 is 10.2 Å². The normalized spacial score (nSPS) is 12.8. The second-order valence-corrected chi connectivity index (χ2v) is 8.64. The van der Waals surface area contributed by atoms with Crippen LogP contribution >= 0.6 is 11.8 Å². The number of carbonyl (C=O) groups is 2. The molecule has 0 aliphatic heterocycles. The van der Waals surface area contributed by atoms with E-state index in [2.05, 4.69) is 17.4 Å². The second-order valence-electron chi connectivity index (χ2n) is 7.54. The predicted molar refractivity (Wildman–Crippen MR) is 126 cm³/mol. The Morgan fingerprint density at radius 1 is 0.933 bits per heavy atom. The SMILES string of the molecule is CC[C@H](C(=O)N[C@@H](C)CC)N(Cc1ccccc1)C(=O)CCSCc1ccccc1. The van der Waals surface area contributed by atoms with Gasteiger partial charge >= 0.3 is 0 Å². The largest absolute Gasteiger partial charge is 0.352 e. The van der Waals surface area contributed by atoms with E-state index in [0.717, 1.165) is 23.5 Å². The monoisotopic (exact) mass is 426 g/mol. The van der Waals surface area contributed by atoms with Crippen LogP contribution < -0.4 is 5.32 Å². The van der Waals surface area contributed by atoms with Crippen LogP contribution in [0.15, 0.2) is 60.7 Å². The Kier molecular flexibility index (Phi) is 10.5. The molecule has 2 aromatic rings. The summed E-state index contributed by atoms with van der Waals surface area (Å²) in [5.74, 6) is 1.60. The fourth-order valence-corrected chi connectivity index (χ4v) is 4.10. The van der Waals surface area contributed by atoms with Gasteiger partial charge in [-0.1, -0.05) is 74.5 Å². The van der Waals surface area contributed by atoms with E-state index in [1.165, 1.54) is 5.56 Å². The first kappa shape index (κ1) is 24.0. The van der Waals surface area contributed by atoms with Crippen molar-refractivity contribution in [2.45, 2.75) is 64.4 Å². The van der Waals surface area contributed by atoms with Gasteiger partial charge in [0.05, 0.1) is 0 Å². The summed E-state index contributed by atoms with van der Waals surface area (Å²) < 4.78 is 0. The van der Waals surface area contributed by atoms with Gasteiger partial charge in [0, 0.05) is 30.5 Å². The number of benzene rings is 2. The highest BCUT2D eigenvalue weighted by Gasteiger charge is 2.28. The van der Waals surface area contributed by atoms with E-state index in [4.69, 9.17) is 0 Å². The molecule has 0 unspecified atom stereocenters. The van der Waals surface area contributed by atoms with Gasteiger partial charge in [-0.25, -0.2) is 0 Å². The van der Waals surface area contributed by atoms with Crippen LogP contribution in [0.3, 0.4) is 0 Å². The third kappa shape index (κ3) is 7.86. The summed E-state index contributed by atoms with van der Waals surface area (Å²) in [4.78, 5) is 27.8. The van der Waals surface area contributed by atoms with Crippen molar-refractivity contribution in [1.82, 2.24) is 10.2 Å². The molecule has 0 spiro atoms. The fourth-order valence-electron chi connectivity index (χ4n) is 3.21. The van der Waals surface area contributed by atoms with E-state index in [1.807, 2.05) is 69.3 Å². The number of hydrogen-bond acceptors (Lipinski definition) is 3. The Labute approximate surface area is 185 Å². The van der Waals surface area contributed by atoms with Crippen LogP contribution in [0.4, 0.5) is 0 Å². The first-order chi connectivity index (χ1) is 14.5. The highest BCUT2D eigenvalue weighted by atomic mass is 32.2. The summed E-state index contributed by atoms with van der Waals surface area (Å²) >= 11 is 1.75. The first-order valence-corrected chi connectivity index (χ1v) is 12.0. The van der Waals surface area contributed by atoms with E-state index >= 15 is 0 Å². The zero-order chi connectivity index (χ0) is 21.8. The molecular formula is C25H34N2O2S. The minimum atomic E-state index is -0.453. The van der Waals surface area contributed by atoms with Gasteiger partial charge in [-0.05, 0) is 30.9 Å². The van der Waals surface area contributed by atoms with Crippen LogP contribution in [0.1, 0.15) is 51.2 Å². The minimum Gasteiger partial charge on any atom is -0.352 e. The van der Waals surface area contributed by atoms with Gasteiger partial charge in [0.2, 0.25) is 11.8 Å². The second kappa shape index (κ2) is 13.1. The first-order valence-electron chi connectivity index (χ1n) is 10.8. The van der Waals surface area contributed by atoms with E-state index in [0.29, 0.717) is 19.4 Å². The molecule has 0 aliphatic rings. The average Bonchev–Trinajstić information content (AvgIpc) is 2.77. The third-order valence-corrected chi connectivity index (χ3v) is 6.18. The number of nitrogens with one attached hydrogen (secondary N) is 1. The van der Waals surface area contributed by atoms with Crippen LogP contribution in [0.5, 0.6) is 0 Å². The lowest BCUT2D eigenvalue weighted by molar-refractivity contribution is -0.141. The third-order valence-electron chi connectivity index (χ3n) is 5.15. The van der Waals surface area contributed by atoms with Crippen LogP contribution in [-0.2, 0) is 21.9 Å². The Hall–Kier alpha value is -2.27. The summed E-state index contributed by atoms with van der Waals surface area (Å²) in [5.41, 5.74) is 2.30. The zero-order valence-corrected chi connectivity index (χ0v) is 19.2. The van der Waals surface area contributed by atoms with E-state index in [9.17, 15) is 9.59 Å². The molecule has 2 aromatic carbocycles. The summed E-state index contributed by atoms with van der Waals surface area (Å²) in [6.07, 6.45) is 1.89. The van der Waals surface area contributed by atoms with Crippen molar-refractivity contribution in [3.8, 4) is 0 Å². The Morgan fingerprint density at radius 2 is 1.53 bits per heavy atom. The zero-order valence-electron chi connectivity index (χ0n) is 18.3. The van der Waals surface area contributed by atoms with E-state index < -0.39 is 6.04 Å². The minimum absolute atomic E-state index is 0.0329. The number of nitrogens with zero attached hydrogens (tertiary/aromatic N) is 1. The van der Waals surface area contributed by atoms with Crippen LogP contribution in [0.25, 0.3) is 0 Å². The number of amides is 2. The molecule has 0 radical (unpaired) electrons. The van der Waals surface area contributed by atoms with Gasteiger partial charge in [-0.15, -0.1) is 0 Å². The molecule has 4 nitrogen and oxygen atoms in total. The molecule has 162 valence electrons. The highest BCUT2D eigenvalue weighted by Crippen LogP contribution is 2.17. The van der Waals surface area contributed by atoms with Gasteiger partial charge in [0.15, 0.2) is 0 Å². The van der Waals surface area contributed by atoms with Crippen molar-refractivity contribution in [2.75, 3.05) is 5.75 Å². The molecular weight excluding hydrogens is 392 g/mol. The maximum atomic E-state index is 13.2. The molecule has 0 saturated carbocycles. The number of carbonyl (C=O) groups excluding carboxylic acids is 2. The number of thioether (sulfide) groups is 1. The topological polar surface area (TPSA) is 49.4 Å². The number of rotatable bonds is 12. The van der Waals surface area contributed by atoms with Crippen molar-refractivity contribution >= 4 is 23.6 Å². The van der Waals surface area contributed by atoms with Crippen molar-refractivity contribution in [3.05, 3.63) is 71.8 Å². The molecule has 5 heteroatoms. The lowest BCUT2D eigenvalue weighted by Crippen LogP contribution is -2.50. The quantitative estimate of drug-likeness (QED) is 0.484. The van der Waals surface area contributed by atoms with Crippen LogP contribution in [0.2, 0.25) is 0 Å². The van der Waals surface area contributed by atoms with Crippen molar-refractivity contribution in [2.24, 2.45) is 0 Å². The summed E-state index contributed by atoms with van der Waals surface area (Å²) in [7, 11) is 0. The van der Waals surface area contributed by atoms with Crippen LogP contribution in [-0.4, -0.2) is 34.6 Å². The Bertz CT molecular complexity index is 767. The summed E-state index contributed by atoms with van der Waals surface area (Å²) in [5, 5.41) is 3.05. The molecule has 2 amide bonds. The van der Waals surface area contributed by atoms with Gasteiger partial charge in [-0.3, -0.25) is 9.59 Å². The Balaban J connectivity index is 2.03. The average molecular weight is 427 g/mol. The molecule has 0 bridgehead atoms. The van der Waals surface area contributed by atoms with E-state index in [1.54, 1.807) is 16.7 Å². The molecule has 0 aromatic heterocycles. The molecule has 0 heterocycles. The van der Waals surface area contributed by atoms with E-state index in [-0.39, 0.29) is 17.9 Å². The fraction of sp³-hybridized carbons (Fsp3) is 0.440. The lowest BCUT2D eigenvalue weighted by Gasteiger charge is -2.31. The maximum Gasteiger partial charge on any atom is 0.243 e. The van der Waals surface area contributed by atoms with Gasteiger partial charge in [-0.2, -0.15) is 11.8 Å².